The summed E-state index contributed by atoms with van der Waals surface area (Å²) in [6, 6.07) is 11.2. The van der Waals surface area contributed by atoms with Gasteiger partial charge in [0.1, 0.15) is 0 Å². The molecule has 0 saturated carbocycles. The number of aromatic nitrogens is 3. The summed E-state index contributed by atoms with van der Waals surface area (Å²) in [6.45, 7) is 2.30. The zero-order valence-corrected chi connectivity index (χ0v) is 14.4. The minimum Gasteiger partial charge on any atom is -0.348 e. The molecule has 126 valence electrons. The topological polar surface area (TPSA) is 59.8 Å². The van der Waals surface area contributed by atoms with Crippen molar-refractivity contribution < 1.29 is 4.79 Å². The number of hydrogen-bond acceptors (Lipinski definition) is 3. The first-order valence-corrected chi connectivity index (χ1v) is 8.17. The van der Waals surface area contributed by atoms with Crippen molar-refractivity contribution in [1.29, 1.82) is 0 Å². The molecule has 2 aromatic heterocycles. The van der Waals surface area contributed by atoms with Crippen LogP contribution in [0.3, 0.4) is 0 Å². The van der Waals surface area contributed by atoms with Crippen LogP contribution in [0.5, 0.6) is 0 Å². The lowest BCUT2D eigenvalue weighted by Crippen LogP contribution is -2.21. The summed E-state index contributed by atoms with van der Waals surface area (Å²) in [5, 5.41) is 7.72. The summed E-state index contributed by atoms with van der Waals surface area (Å²) in [5.74, 6) is 0.508. The molecule has 2 heterocycles. The quantitative estimate of drug-likeness (QED) is 0.714. The molecule has 0 aliphatic heterocycles. The average Bonchev–Trinajstić information content (AvgIpc) is 3.15. The fourth-order valence-electron chi connectivity index (χ4n) is 2.29. The molecule has 5 nitrogen and oxygen atoms in total. The van der Waals surface area contributed by atoms with Crippen molar-refractivity contribution >= 4 is 23.6 Å². The first-order chi connectivity index (χ1) is 12.1. The number of benzene rings is 1. The summed E-state index contributed by atoms with van der Waals surface area (Å²) in [6.07, 6.45) is 8.42. The second kappa shape index (κ2) is 7.77. The molecule has 0 fully saturated rings. The summed E-state index contributed by atoms with van der Waals surface area (Å²) in [5.41, 5.74) is 2.77. The van der Waals surface area contributed by atoms with Gasteiger partial charge in [-0.3, -0.25) is 4.79 Å². The number of amides is 1. The van der Waals surface area contributed by atoms with Crippen LogP contribution in [0.4, 0.5) is 0 Å². The van der Waals surface area contributed by atoms with E-state index in [-0.39, 0.29) is 5.91 Å². The molecule has 1 amide bonds. The molecular formula is C19H17ClN4O. The Labute approximate surface area is 151 Å². The van der Waals surface area contributed by atoms with Gasteiger partial charge in [-0.25, -0.2) is 9.67 Å². The number of carbonyl (C=O) groups excluding carboxylic acids is 1. The van der Waals surface area contributed by atoms with E-state index in [0.717, 1.165) is 16.7 Å². The Balaban J connectivity index is 1.65. The molecule has 0 aliphatic rings. The molecule has 0 unspecified atom stereocenters. The van der Waals surface area contributed by atoms with Crippen molar-refractivity contribution in [3.8, 4) is 5.82 Å². The zero-order valence-electron chi connectivity index (χ0n) is 13.7. The fourth-order valence-corrected chi connectivity index (χ4v) is 2.48. The Morgan fingerprint density at radius 2 is 2.16 bits per heavy atom. The molecule has 0 aliphatic carbocycles. The normalized spacial score (nSPS) is 11.0. The molecule has 1 N–H and O–H groups in total. The van der Waals surface area contributed by atoms with Crippen LogP contribution >= 0.6 is 11.6 Å². The lowest BCUT2D eigenvalue weighted by atomic mass is 10.1. The zero-order chi connectivity index (χ0) is 17.6. The maximum absolute atomic E-state index is 12.1. The van der Waals surface area contributed by atoms with E-state index in [4.69, 9.17) is 11.6 Å². The molecule has 0 atom stereocenters. The predicted octanol–water partition coefficient (Wildman–Crippen LogP) is 3.56. The van der Waals surface area contributed by atoms with Crippen molar-refractivity contribution in [1.82, 2.24) is 20.1 Å². The number of carbonyl (C=O) groups is 1. The van der Waals surface area contributed by atoms with Crippen LogP contribution in [0.1, 0.15) is 16.7 Å². The molecular weight excluding hydrogens is 336 g/mol. The molecule has 0 bridgehead atoms. The van der Waals surface area contributed by atoms with E-state index >= 15 is 0 Å². The monoisotopic (exact) mass is 352 g/mol. The summed E-state index contributed by atoms with van der Waals surface area (Å²) < 4.78 is 1.67. The van der Waals surface area contributed by atoms with E-state index in [2.05, 4.69) is 15.4 Å². The maximum atomic E-state index is 12.1. The highest BCUT2D eigenvalue weighted by Crippen LogP contribution is 2.17. The lowest BCUT2D eigenvalue weighted by Gasteiger charge is -2.08. The molecule has 3 aromatic rings. The second-order valence-corrected chi connectivity index (χ2v) is 5.90. The maximum Gasteiger partial charge on any atom is 0.244 e. The van der Waals surface area contributed by atoms with Crippen molar-refractivity contribution in [2.45, 2.75) is 13.5 Å². The first-order valence-electron chi connectivity index (χ1n) is 7.79. The predicted molar refractivity (Wildman–Crippen MR) is 98.4 cm³/mol. The van der Waals surface area contributed by atoms with Crippen LogP contribution in [0.15, 0.2) is 61.1 Å². The van der Waals surface area contributed by atoms with Crippen molar-refractivity contribution in [2.24, 2.45) is 0 Å². The van der Waals surface area contributed by atoms with E-state index in [9.17, 15) is 4.79 Å². The summed E-state index contributed by atoms with van der Waals surface area (Å²) in [7, 11) is 0. The summed E-state index contributed by atoms with van der Waals surface area (Å²) in [4.78, 5) is 16.4. The minimum absolute atomic E-state index is 0.188. The largest absolute Gasteiger partial charge is 0.348 e. The molecule has 0 saturated heterocycles. The highest BCUT2D eigenvalue weighted by atomic mass is 35.5. The number of aryl methyl sites for hydroxylation is 1. The third-order valence-electron chi connectivity index (χ3n) is 3.67. The lowest BCUT2D eigenvalue weighted by molar-refractivity contribution is -0.116. The Bertz CT molecular complexity index is 904. The Kier molecular flexibility index (Phi) is 5.26. The van der Waals surface area contributed by atoms with Gasteiger partial charge in [-0.05, 0) is 42.3 Å². The highest BCUT2D eigenvalue weighted by Gasteiger charge is 2.06. The number of rotatable bonds is 5. The number of pyridine rings is 1. The van der Waals surface area contributed by atoms with Gasteiger partial charge in [0.2, 0.25) is 5.91 Å². The Morgan fingerprint density at radius 1 is 1.28 bits per heavy atom. The number of nitrogens with one attached hydrogen (secondary N) is 1. The van der Waals surface area contributed by atoms with Crippen LogP contribution in [0.2, 0.25) is 5.02 Å². The Hall–Kier alpha value is -2.92. The van der Waals surface area contributed by atoms with Crippen LogP contribution in [-0.2, 0) is 11.3 Å². The van der Waals surface area contributed by atoms with E-state index in [1.807, 2.05) is 49.5 Å². The molecule has 1 aromatic carbocycles. The van der Waals surface area contributed by atoms with Crippen molar-refractivity contribution in [3.05, 3.63) is 82.8 Å². The van der Waals surface area contributed by atoms with Crippen LogP contribution in [0, 0.1) is 6.92 Å². The van der Waals surface area contributed by atoms with E-state index in [1.165, 1.54) is 6.08 Å². The molecule has 25 heavy (non-hydrogen) atoms. The molecule has 6 heteroatoms. The molecule has 0 spiro atoms. The fraction of sp³-hybridized carbons (Fsp3) is 0.105. The van der Waals surface area contributed by atoms with Gasteiger partial charge < -0.3 is 5.32 Å². The first kappa shape index (κ1) is 16.9. The van der Waals surface area contributed by atoms with Gasteiger partial charge in [-0.1, -0.05) is 29.8 Å². The minimum atomic E-state index is -0.188. The summed E-state index contributed by atoms with van der Waals surface area (Å²) >= 11 is 6.09. The van der Waals surface area contributed by atoms with E-state index in [1.54, 1.807) is 23.2 Å². The van der Waals surface area contributed by atoms with Gasteiger partial charge in [0.05, 0.1) is 0 Å². The standard InChI is InChI=1S/C19H17ClN4O/c1-14-5-6-15(12-17(14)20)7-8-18(25)22-13-16-4-2-9-21-19(16)24-11-3-10-23-24/h2-12H,13H2,1H3,(H,22,25). The number of nitrogens with zero attached hydrogens (tertiary/aromatic N) is 3. The third-order valence-corrected chi connectivity index (χ3v) is 4.07. The van der Waals surface area contributed by atoms with Gasteiger partial charge >= 0.3 is 0 Å². The van der Waals surface area contributed by atoms with Crippen LogP contribution in [0.25, 0.3) is 11.9 Å². The van der Waals surface area contributed by atoms with Crippen molar-refractivity contribution in [3.63, 3.8) is 0 Å². The van der Waals surface area contributed by atoms with Crippen molar-refractivity contribution in [2.75, 3.05) is 0 Å². The van der Waals surface area contributed by atoms with Gasteiger partial charge in [-0.15, -0.1) is 0 Å². The van der Waals surface area contributed by atoms with Gasteiger partial charge in [0.15, 0.2) is 5.82 Å². The third kappa shape index (κ3) is 4.33. The van der Waals surface area contributed by atoms with Gasteiger partial charge in [0, 0.05) is 41.8 Å². The average molecular weight is 353 g/mol. The van der Waals surface area contributed by atoms with E-state index in [0.29, 0.717) is 17.4 Å². The van der Waals surface area contributed by atoms with Crippen LogP contribution in [-0.4, -0.2) is 20.7 Å². The number of hydrogen-bond donors (Lipinski definition) is 1. The second-order valence-electron chi connectivity index (χ2n) is 5.50. The molecule has 0 radical (unpaired) electrons. The molecule has 3 rings (SSSR count). The Morgan fingerprint density at radius 3 is 2.92 bits per heavy atom. The smallest absolute Gasteiger partial charge is 0.244 e. The SMILES string of the molecule is Cc1ccc(C=CC(=O)NCc2cccnc2-n2cccn2)cc1Cl. The van der Waals surface area contributed by atoms with E-state index < -0.39 is 0 Å². The van der Waals surface area contributed by atoms with Gasteiger partial charge in [0.25, 0.3) is 0 Å². The van der Waals surface area contributed by atoms with Crippen LogP contribution < -0.4 is 5.32 Å². The number of halogens is 1. The van der Waals surface area contributed by atoms with Gasteiger partial charge in [-0.2, -0.15) is 5.10 Å². The highest BCUT2D eigenvalue weighted by molar-refractivity contribution is 6.31.